The fourth-order valence-electron chi connectivity index (χ4n) is 1.86. The molecule has 3 nitrogen and oxygen atoms in total. The van der Waals surface area contributed by atoms with E-state index in [9.17, 15) is 4.79 Å². The summed E-state index contributed by atoms with van der Waals surface area (Å²) in [5, 5.41) is 1.25. The Morgan fingerprint density at radius 1 is 1.50 bits per heavy atom. The van der Waals surface area contributed by atoms with Crippen molar-refractivity contribution in [1.29, 1.82) is 0 Å². The van der Waals surface area contributed by atoms with Crippen LogP contribution >= 0.6 is 15.9 Å². The average Bonchev–Trinajstić information content (AvgIpc) is 2.63. The van der Waals surface area contributed by atoms with Gasteiger partial charge in [0.2, 0.25) is 0 Å². The summed E-state index contributed by atoms with van der Waals surface area (Å²) in [5.41, 5.74) is 2.60. The van der Waals surface area contributed by atoms with E-state index in [-0.39, 0.29) is 5.78 Å². The fourth-order valence-corrected chi connectivity index (χ4v) is 2.14. The van der Waals surface area contributed by atoms with E-state index in [1.165, 1.54) is 0 Å². The molecule has 1 heterocycles. The average molecular weight is 282 g/mol. The molecule has 4 heteroatoms. The zero-order valence-corrected chi connectivity index (χ0v) is 10.7. The summed E-state index contributed by atoms with van der Waals surface area (Å²) >= 11 is 3.20. The number of ether oxygens (including phenoxy) is 1. The van der Waals surface area contributed by atoms with Crippen molar-refractivity contribution in [2.24, 2.45) is 0 Å². The molecule has 2 rings (SSSR count). The van der Waals surface area contributed by atoms with Crippen LogP contribution in [0.3, 0.4) is 0 Å². The van der Waals surface area contributed by atoms with Gasteiger partial charge < -0.3 is 9.72 Å². The zero-order valence-electron chi connectivity index (χ0n) is 9.13. The van der Waals surface area contributed by atoms with Crippen molar-refractivity contribution < 1.29 is 9.53 Å². The number of aryl methyl sites for hydroxylation is 1. The number of carbonyl (C=O) groups excluding carboxylic acids is 1. The fraction of sp³-hybridized carbons (Fsp3) is 0.250. The summed E-state index contributed by atoms with van der Waals surface area (Å²) in [6.07, 6.45) is 0. The van der Waals surface area contributed by atoms with Crippen molar-refractivity contribution in [2.45, 2.75) is 6.92 Å². The van der Waals surface area contributed by atoms with Gasteiger partial charge in [0.15, 0.2) is 5.78 Å². The number of ketones is 1. The molecule has 1 aromatic heterocycles. The number of aromatic amines is 1. The molecule has 0 bridgehead atoms. The first-order chi connectivity index (χ1) is 7.67. The molecule has 0 aliphatic carbocycles. The van der Waals surface area contributed by atoms with E-state index in [0.29, 0.717) is 5.33 Å². The van der Waals surface area contributed by atoms with Gasteiger partial charge in [0.05, 0.1) is 12.4 Å². The van der Waals surface area contributed by atoms with Crippen LogP contribution in [-0.2, 0) is 0 Å². The number of fused-ring (bicyclic) bond motifs is 1. The number of hydrogen-bond donors (Lipinski definition) is 1. The first-order valence-corrected chi connectivity index (χ1v) is 6.05. The number of alkyl halides is 1. The summed E-state index contributed by atoms with van der Waals surface area (Å²) in [6, 6.07) is 5.68. The number of H-pyrrole nitrogens is 1. The number of benzene rings is 1. The van der Waals surface area contributed by atoms with Crippen LogP contribution < -0.4 is 4.74 Å². The number of aromatic nitrogens is 1. The highest BCUT2D eigenvalue weighted by Gasteiger charge is 2.15. The van der Waals surface area contributed by atoms with Crippen LogP contribution in [0.5, 0.6) is 5.75 Å². The smallest absolute Gasteiger partial charge is 0.175 e. The van der Waals surface area contributed by atoms with E-state index in [2.05, 4.69) is 20.9 Å². The predicted molar refractivity (Wildman–Crippen MR) is 67.7 cm³/mol. The van der Waals surface area contributed by atoms with Gasteiger partial charge in [-0.05, 0) is 25.1 Å². The van der Waals surface area contributed by atoms with Crippen molar-refractivity contribution in [3.63, 3.8) is 0 Å². The highest BCUT2D eigenvalue weighted by Crippen LogP contribution is 2.26. The summed E-state index contributed by atoms with van der Waals surface area (Å²) in [6.45, 7) is 1.91. The molecule has 0 radical (unpaired) electrons. The van der Waals surface area contributed by atoms with Crippen molar-refractivity contribution in [2.75, 3.05) is 12.4 Å². The van der Waals surface area contributed by atoms with Crippen molar-refractivity contribution in [3.8, 4) is 5.75 Å². The third kappa shape index (κ3) is 1.73. The molecule has 0 fully saturated rings. The molecule has 0 unspecified atom stereocenters. The minimum atomic E-state index is 0.0806. The molecular weight excluding hydrogens is 270 g/mol. The van der Waals surface area contributed by atoms with Crippen molar-refractivity contribution in [3.05, 3.63) is 29.5 Å². The summed E-state index contributed by atoms with van der Waals surface area (Å²) in [7, 11) is 1.62. The van der Waals surface area contributed by atoms with Gasteiger partial charge in [-0.2, -0.15) is 0 Å². The topological polar surface area (TPSA) is 42.1 Å². The normalized spacial score (nSPS) is 10.7. The quantitative estimate of drug-likeness (QED) is 0.694. The van der Waals surface area contributed by atoms with Crippen molar-refractivity contribution in [1.82, 2.24) is 4.98 Å². The second kappa shape index (κ2) is 4.29. The van der Waals surface area contributed by atoms with Gasteiger partial charge >= 0.3 is 0 Å². The number of Topliss-reactive ketones (excluding diaryl/α,β-unsaturated/α-hetero) is 1. The Hall–Kier alpha value is -1.29. The number of methoxy groups -OCH3 is 1. The lowest BCUT2D eigenvalue weighted by Gasteiger charge is -2.00. The SMILES string of the molecule is COc1ccc2[nH]c(C)c(C(=O)CBr)c2c1. The van der Waals surface area contributed by atoms with Gasteiger partial charge in [0.1, 0.15) is 5.75 Å². The Morgan fingerprint density at radius 2 is 2.25 bits per heavy atom. The lowest BCUT2D eigenvalue weighted by molar-refractivity contribution is 0.102. The molecule has 2 aromatic rings. The number of halogens is 1. The van der Waals surface area contributed by atoms with Gasteiger partial charge in [0.25, 0.3) is 0 Å². The van der Waals surface area contributed by atoms with Gasteiger partial charge in [-0.15, -0.1) is 0 Å². The molecule has 84 valence electrons. The first kappa shape index (κ1) is 11.2. The van der Waals surface area contributed by atoms with Gasteiger partial charge in [-0.25, -0.2) is 0 Å². The second-order valence-electron chi connectivity index (χ2n) is 3.59. The van der Waals surface area contributed by atoms with Crippen LogP contribution in [0.1, 0.15) is 16.1 Å². The lowest BCUT2D eigenvalue weighted by atomic mass is 10.1. The van der Waals surface area contributed by atoms with E-state index in [1.807, 2.05) is 25.1 Å². The standard InChI is InChI=1S/C12H12BrNO2/c1-7-12(11(15)6-13)9-5-8(16-2)3-4-10(9)14-7/h3-5,14H,6H2,1-2H3. The minimum absolute atomic E-state index is 0.0806. The third-order valence-electron chi connectivity index (χ3n) is 2.59. The summed E-state index contributed by atoms with van der Waals surface area (Å²) in [4.78, 5) is 15.0. The molecule has 0 spiro atoms. The molecule has 1 aromatic carbocycles. The maximum Gasteiger partial charge on any atom is 0.175 e. The van der Waals surface area contributed by atoms with Crippen LogP contribution in [0.4, 0.5) is 0 Å². The van der Waals surface area contributed by atoms with Gasteiger partial charge in [0, 0.05) is 22.2 Å². The van der Waals surface area contributed by atoms with E-state index in [1.54, 1.807) is 7.11 Å². The highest BCUT2D eigenvalue weighted by atomic mass is 79.9. The molecule has 0 aliphatic rings. The number of rotatable bonds is 3. The van der Waals surface area contributed by atoms with Crippen LogP contribution in [0.2, 0.25) is 0 Å². The van der Waals surface area contributed by atoms with Crippen molar-refractivity contribution >= 4 is 32.6 Å². The highest BCUT2D eigenvalue weighted by molar-refractivity contribution is 9.09. The molecule has 0 atom stereocenters. The Balaban J connectivity index is 2.70. The summed E-state index contributed by atoms with van der Waals surface area (Å²) in [5.74, 6) is 0.840. The van der Waals surface area contributed by atoms with Crippen LogP contribution in [-0.4, -0.2) is 23.2 Å². The number of nitrogens with one attached hydrogen (secondary N) is 1. The largest absolute Gasteiger partial charge is 0.497 e. The van der Waals surface area contributed by atoms with Gasteiger partial charge in [-0.1, -0.05) is 15.9 Å². The number of hydrogen-bond acceptors (Lipinski definition) is 2. The Bertz CT molecular complexity index is 545. The molecule has 0 amide bonds. The maximum atomic E-state index is 11.8. The Morgan fingerprint density at radius 3 is 2.88 bits per heavy atom. The predicted octanol–water partition coefficient (Wildman–Crippen LogP) is 3.06. The Kier molecular flexibility index (Phi) is 3.01. The molecule has 0 saturated carbocycles. The Labute approximate surface area is 102 Å². The first-order valence-electron chi connectivity index (χ1n) is 4.93. The molecule has 0 aliphatic heterocycles. The molecule has 0 saturated heterocycles. The van der Waals surface area contributed by atoms with E-state index in [0.717, 1.165) is 27.9 Å². The van der Waals surface area contributed by atoms with Gasteiger partial charge in [-0.3, -0.25) is 4.79 Å². The van der Waals surface area contributed by atoms with E-state index in [4.69, 9.17) is 4.74 Å². The van der Waals surface area contributed by atoms with Crippen LogP contribution in [0.15, 0.2) is 18.2 Å². The summed E-state index contributed by atoms with van der Waals surface area (Å²) < 4.78 is 5.16. The van der Waals surface area contributed by atoms with Crippen LogP contribution in [0, 0.1) is 6.92 Å². The lowest BCUT2D eigenvalue weighted by Crippen LogP contribution is -2.00. The second-order valence-corrected chi connectivity index (χ2v) is 4.15. The third-order valence-corrected chi connectivity index (χ3v) is 3.10. The molecular formula is C12H12BrNO2. The minimum Gasteiger partial charge on any atom is -0.497 e. The maximum absolute atomic E-state index is 11.8. The zero-order chi connectivity index (χ0) is 11.7. The van der Waals surface area contributed by atoms with E-state index >= 15 is 0 Å². The number of carbonyl (C=O) groups is 1. The molecule has 1 N–H and O–H groups in total. The molecule has 16 heavy (non-hydrogen) atoms. The monoisotopic (exact) mass is 281 g/mol. The van der Waals surface area contributed by atoms with E-state index < -0.39 is 0 Å². The van der Waals surface area contributed by atoms with Crippen LogP contribution in [0.25, 0.3) is 10.9 Å².